The van der Waals surface area contributed by atoms with Gasteiger partial charge in [0, 0.05) is 32.9 Å². The summed E-state index contributed by atoms with van der Waals surface area (Å²) in [5.41, 5.74) is -0.976. The Morgan fingerprint density at radius 2 is 2.09 bits per heavy atom. The zero-order valence-electron chi connectivity index (χ0n) is 11.9. The van der Waals surface area contributed by atoms with Crippen LogP contribution in [0.3, 0.4) is 0 Å². The first kappa shape index (κ1) is 20.4. The Kier molecular flexibility index (Phi) is 9.45. The van der Waals surface area contributed by atoms with E-state index in [1.165, 1.54) is 0 Å². The molecule has 0 atom stereocenters. The van der Waals surface area contributed by atoms with E-state index in [0.29, 0.717) is 25.6 Å². The monoisotopic (exact) mass is 430 g/mol. The molecule has 1 aromatic rings. The number of hydrogen-bond donors (Lipinski definition) is 3. The largest absolute Gasteiger partial charge is 0.433 e. The number of guanidine groups is 1. The van der Waals surface area contributed by atoms with Crippen LogP contribution in [0.5, 0.6) is 0 Å². The number of nitrogens with zero attached hydrogens (tertiary/aromatic N) is 3. The Balaban J connectivity index is 0.00000441. The van der Waals surface area contributed by atoms with Gasteiger partial charge in [0.2, 0.25) is 5.95 Å². The summed E-state index contributed by atoms with van der Waals surface area (Å²) < 4.78 is 37.4. The smallest absolute Gasteiger partial charge is 0.355 e. The molecule has 0 aliphatic heterocycles. The molecule has 0 bridgehead atoms. The molecule has 1 aromatic heterocycles. The van der Waals surface area contributed by atoms with Crippen molar-refractivity contribution >= 4 is 35.9 Å². The van der Waals surface area contributed by atoms with Crippen molar-refractivity contribution in [3.8, 4) is 0 Å². The fourth-order valence-corrected chi connectivity index (χ4v) is 1.35. The average Bonchev–Trinajstić information content (AvgIpc) is 2.46. The molecule has 0 aromatic carbocycles. The molecule has 3 N–H and O–H groups in total. The van der Waals surface area contributed by atoms with Crippen molar-refractivity contribution in [3.63, 3.8) is 0 Å². The minimum Gasteiger partial charge on any atom is -0.355 e. The minimum atomic E-state index is -4.48. The van der Waals surface area contributed by atoms with Crippen molar-refractivity contribution in [3.05, 3.63) is 30.6 Å². The second-order valence-electron chi connectivity index (χ2n) is 3.86. The van der Waals surface area contributed by atoms with E-state index in [0.717, 1.165) is 12.3 Å². The van der Waals surface area contributed by atoms with Gasteiger partial charge in [0.1, 0.15) is 5.69 Å². The van der Waals surface area contributed by atoms with Crippen molar-refractivity contribution in [1.82, 2.24) is 20.6 Å². The Morgan fingerprint density at radius 3 is 2.68 bits per heavy atom. The summed E-state index contributed by atoms with van der Waals surface area (Å²) in [6.45, 7) is 4.91. The molecule has 0 aliphatic rings. The predicted molar refractivity (Wildman–Crippen MR) is 90.5 cm³/mol. The van der Waals surface area contributed by atoms with E-state index in [4.69, 9.17) is 0 Å². The van der Waals surface area contributed by atoms with Gasteiger partial charge in [0.25, 0.3) is 0 Å². The van der Waals surface area contributed by atoms with Crippen LogP contribution in [-0.2, 0) is 6.18 Å². The van der Waals surface area contributed by atoms with Gasteiger partial charge in [-0.15, -0.1) is 30.6 Å². The molecule has 0 unspecified atom stereocenters. The highest BCUT2D eigenvalue weighted by molar-refractivity contribution is 14.0. The first-order valence-electron chi connectivity index (χ1n) is 6.17. The van der Waals surface area contributed by atoms with Crippen molar-refractivity contribution < 1.29 is 13.2 Å². The van der Waals surface area contributed by atoms with Gasteiger partial charge in [-0.25, -0.2) is 9.97 Å². The molecular weight excluding hydrogens is 412 g/mol. The van der Waals surface area contributed by atoms with Gasteiger partial charge in [0.05, 0.1) is 0 Å². The van der Waals surface area contributed by atoms with Gasteiger partial charge < -0.3 is 16.0 Å². The normalized spacial score (nSPS) is 11.4. The van der Waals surface area contributed by atoms with Crippen LogP contribution < -0.4 is 16.0 Å². The average molecular weight is 430 g/mol. The number of alkyl halides is 3. The molecule has 0 saturated heterocycles. The Bertz CT molecular complexity index is 492. The number of halogens is 4. The second-order valence-corrected chi connectivity index (χ2v) is 3.86. The summed E-state index contributed by atoms with van der Waals surface area (Å²) in [7, 11) is 1.61. The van der Waals surface area contributed by atoms with Crippen molar-refractivity contribution in [2.24, 2.45) is 4.99 Å². The molecule has 10 heteroatoms. The summed E-state index contributed by atoms with van der Waals surface area (Å²) in [5, 5.41) is 8.63. The summed E-state index contributed by atoms with van der Waals surface area (Å²) >= 11 is 0. The number of aliphatic imine (C=N–C) groups is 1. The van der Waals surface area contributed by atoms with Gasteiger partial charge in [-0.05, 0) is 6.07 Å². The van der Waals surface area contributed by atoms with E-state index in [1.54, 1.807) is 13.1 Å². The lowest BCUT2D eigenvalue weighted by molar-refractivity contribution is -0.141. The number of anilines is 1. The minimum absolute atomic E-state index is 0. The quantitative estimate of drug-likeness (QED) is 0.211. The van der Waals surface area contributed by atoms with Crippen LogP contribution in [0.4, 0.5) is 19.1 Å². The highest BCUT2D eigenvalue weighted by atomic mass is 127. The number of aromatic nitrogens is 2. The fourth-order valence-electron chi connectivity index (χ4n) is 1.35. The first-order valence-corrected chi connectivity index (χ1v) is 6.17. The Labute approximate surface area is 143 Å². The van der Waals surface area contributed by atoms with Gasteiger partial charge >= 0.3 is 6.18 Å². The van der Waals surface area contributed by atoms with E-state index in [-0.39, 0.29) is 29.9 Å². The van der Waals surface area contributed by atoms with E-state index in [9.17, 15) is 13.2 Å². The van der Waals surface area contributed by atoms with Gasteiger partial charge in [0.15, 0.2) is 5.96 Å². The molecule has 6 nitrogen and oxygen atoms in total. The maximum Gasteiger partial charge on any atom is 0.433 e. The van der Waals surface area contributed by atoms with E-state index >= 15 is 0 Å². The first-order chi connectivity index (χ1) is 9.97. The van der Waals surface area contributed by atoms with Crippen molar-refractivity contribution in [1.29, 1.82) is 0 Å². The van der Waals surface area contributed by atoms with Crippen LogP contribution in [0.15, 0.2) is 29.9 Å². The molecule has 0 spiro atoms. The molecule has 124 valence electrons. The van der Waals surface area contributed by atoms with Crippen LogP contribution in [-0.4, -0.2) is 42.6 Å². The van der Waals surface area contributed by atoms with E-state index < -0.39 is 11.9 Å². The third-order valence-corrected chi connectivity index (χ3v) is 2.28. The number of rotatable bonds is 6. The zero-order chi connectivity index (χ0) is 15.7. The van der Waals surface area contributed by atoms with Gasteiger partial charge in [-0.2, -0.15) is 13.2 Å². The second kappa shape index (κ2) is 10.2. The van der Waals surface area contributed by atoms with Crippen LogP contribution in [0.25, 0.3) is 0 Å². The van der Waals surface area contributed by atoms with Crippen LogP contribution in [0.1, 0.15) is 5.69 Å². The molecule has 0 radical (unpaired) electrons. The summed E-state index contributed by atoms with van der Waals surface area (Å²) in [5.74, 6) is 0.502. The molecule has 0 aliphatic carbocycles. The summed E-state index contributed by atoms with van der Waals surface area (Å²) in [6, 6.07) is 0.824. The fraction of sp³-hybridized carbons (Fsp3) is 0.417. The van der Waals surface area contributed by atoms with Crippen molar-refractivity contribution in [2.75, 3.05) is 32.0 Å². The van der Waals surface area contributed by atoms with Gasteiger partial charge in [-0.3, -0.25) is 4.99 Å². The third-order valence-electron chi connectivity index (χ3n) is 2.28. The lowest BCUT2D eigenvalue weighted by Crippen LogP contribution is -2.39. The zero-order valence-corrected chi connectivity index (χ0v) is 14.3. The maximum absolute atomic E-state index is 12.5. The highest BCUT2D eigenvalue weighted by Crippen LogP contribution is 2.27. The van der Waals surface area contributed by atoms with E-state index in [2.05, 4.69) is 37.5 Å². The SMILES string of the molecule is C=CCNC(=NC)NCCNc1nccc(C(F)(F)F)n1.I. The molecule has 0 fully saturated rings. The van der Waals surface area contributed by atoms with E-state index in [1.807, 2.05) is 0 Å². The topological polar surface area (TPSA) is 74.2 Å². The molecule has 1 heterocycles. The molecule has 1 rings (SSSR count). The van der Waals surface area contributed by atoms with Crippen LogP contribution >= 0.6 is 24.0 Å². The van der Waals surface area contributed by atoms with Gasteiger partial charge in [-0.1, -0.05) is 6.08 Å². The Morgan fingerprint density at radius 1 is 1.36 bits per heavy atom. The molecule has 0 saturated carbocycles. The van der Waals surface area contributed by atoms with Crippen molar-refractivity contribution in [2.45, 2.75) is 6.18 Å². The highest BCUT2D eigenvalue weighted by Gasteiger charge is 2.32. The summed E-state index contributed by atoms with van der Waals surface area (Å²) in [6.07, 6.45) is -1.73. The number of hydrogen-bond acceptors (Lipinski definition) is 4. The summed E-state index contributed by atoms with van der Waals surface area (Å²) in [4.78, 5) is 11.1. The molecular formula is C12H18F3IN6. The van der Waals surface area contributed by atoms with Crippen LogP contribution in [0, 0.1) is 0 Å². The lowest BCUT2D eigenvalue weighted by Gasteiger charge is -2.11. The predicted octanol–water partition coefficient (Wildman–Crippen LogP) is 1.88. The molecule has 22 heavy (non-hydrogen) atoms. The third kappa shape index (κ3) is 7.43. The van der Waals surface area contributed by atoms with Crippen LogP contribution in [0.2, 0.25) is 0 Å². The lowest BCUT2D eigenvalue weighted by atomic mass is 10.4. The maximum atomic E-state index is 12.5. The number of nitrogens with one attached hydrogen (secondary N) is 3. The molecule has 0 amide bonds. The Hall–Kier alpha value is -1.59. The standard InChI is InChI=1S/C12H17F3N6.HI/c1-3-5-17-10(16-2)19-7-8-20-11-18-6-4-9(21-11)12(13,14)15;/h3-4,6H,1,5,7-8H2,2H3,(H2,16,17,19)(H,18,20,21);1H.